The van der Waals surface area contributed by atoms with Gasteiger partial charge in [-0.25, -0.2) is 0 Å². The molecule has 1 aromatic heterocycles. The van der Waals surface area contributed by atoms with E-state index in [-0.39, 0.29) is 5.78 Å². The number of para-hydroxylation sites is 1. The third kappa shape index (κ3) is 2.56. The zero-order chi connectivity index (χ0) is 12.3. The number of carbonyl (C=O) groups excluding carboxylic acids is 1. The second-order valence-corrected chi connectivity index (χ2v) is 4.76. The molecule has 0 N–H and O–H groups in total. The van der Waals surface area contributed by atoms with Gasteiger partial charge in [-0.15, -0.1) is 11.3 Å². The molecule has 2 nitrogen and oxygen atoms in total. The summed E-state index contributed by atoms with van der Waals surface area (Å²) in [5.74, 6) is 0.928. The monoisotopic (exact) mass is 246 g/mol. The van der Waals surface area contributed by atoms with E-state index in [2.05, 4.69) is 0 Å². The zero-order valence-corrected chi connectivity index (χ0v) is 10.7. The first-order valence-corrected chi connectivity index (χ1v) is 6.29. The molecular weight excluding hydrogens is 232 g/mol. The van der Waals surface area contributed by atoms with Crippen LogP contribution in [0.2, 0.25) is 0 Å². The summed E-state index contributed by atoms with van der Waals surface area (Å²) in [6, 6.07) is 9.61. The standard InChI is InChI=1S/C14H14O2S/c1-10-7-8-17-14(10)12(15)9-11-5-3-4-6-13(11)16-2/h3-8H,9H2,1-2H3. The lowest BCUT2D eigenvalue weighted by atomic mass is 10.1. The Morgan fingerprint density at radius 3 is 2.71 bits per heavy atom. The molecule has 0 aliphatic heterocycles. The smallest absolute Gasteiger partial charge is 0.177 e. The quantitative estimate of drug-likeness (QED) is 0.772. The van der Waals surface area contributed by atoms with E-state index in [1.54, 1.807) is 7.11 Å². The largest absolute Gasteiger partial charge is 0.496 e. The number of ketones is 1. The van der Waals surface area contributed by atoms with Crippen LogP contribution in [0.5, 0.6) is 5.75 Å². The Hall–Kier alpha value is -1.61. The van der Waals surface area contributed by atoms with E-state index in [9.17, 15) is 4.79 Å². The molecule has 0 amide bonds. The molecule has 0 saturated heterocycles. The summed E-state index contributed by atoms with van der Waals surface area (Å²) < 4.78 is 5.24. The molecule has 0 spiro atoms. The van der Waals surface area contributed by atoms with E-state index in [4.69, 9.17) is 4.74 Å². The van der Waals surface area contributed by atoms with Crippen LogP contribution < -0.4 is 4.74 Å². The Balaban J connectivity index is 2.22. The first-order valence-electron chi connectivity index (χ1n) is 5.41. The number of aryl methyl sites for hydroxylation is 1. The minimum absolute atomic E-state index is 0.155. The van der Waals surface area contributed by atoms with Crippen molar-refractivity contribution in [1.82, 2.24) is 0 Å². The van der Waals surface area contributed by atoms with Gasteiger partial charge in [0.15, 0.2) is 5.78 Å². The van der Waals surface area contributed by atoms with Crippen molar-refractivity contribution in [3.63, 3.8) is 0 Å². The second-order valence-electron chi connectivity index (χ2n) is 3.84. The van der Waals surface area contributed by atoms with E-state index in [1.165, 1.54) is 11.3 Å². The average Bonchev–Trinajstić information content (AvgIpc) is 2.76. The SMILES string of the molecule is COc1ccccc1CC(=O)c1sccc1C. The lowest BCUT2D eigenvalue weighted by Crippen LogP contribution is -2.04. The maximum absolute atomic E-state index is 12.1. The fourth-order valence-corrected chi connectivity index (χ4v) is 2.63. The Labute approximate surface area is 105 Å². The van der Waals surface area contributed by atoms with Gasteiger partial charge in [0.1, 0.15) is 5.75 Å². The molecule has 0 unspecified atom stereocenters. The maximum Gasteiger partial charge on any atom is 0.177 e. The van der Waals surface area contributed by atoms with Crippen molar-refractivity contribution in [3.05, 3.63) is 51.7 Å². The summed E-state index contributed by atoms with van der Waals surface area (Å²) in [5.41, 5.74) is 1.99. The molecule has 17 heavy (non-hydrogen) atoms. The van der Waals surface area contributed by atoms with Crippen LogP contribution >= 0.6 is 11.3 Å². The van der Waals surface area contributed by atoms with Crippen molar-refractivity contribution in [2.75, 3.05) is 7.11 Å². The van der Waals surface area contributed by atoms with Gasteiger partial charge in [-0.05, 0) is 30.0 Å². The third-order valence-corrected chi connectivity index (χ3v) is 3.72. The predicted molar refractivity (Wildman–Crippen MR) is 70.1 cm³/mol. The summed E-state index contributed by atoms with van der Waals surface area (Å²) in [5, 5.41) is 1.95. The van der Waals surface area contributed by atoms with E-state index in [1.807, 2.05) is 42.6 Å². The summed E-state index contributed by atoms with van der Waals surface area (Å²) >= 11 is 1.50. The summed E-state index contributed by atoms with van der Waals surface area (Å²) in [6.07, 6.45) is 0.394. The lowest BCUT2D eigenvalue weighted by Gasteiger charge is -2.06. The molecule has 2 aromatic rings. The number of methoxy groups -OCH3 is 1. The third-order valence-electron chi connectivity index (χ3n) is 2.66. The average molecular weight is 246 g/mol. The molecule has 2 rings (SSSR count). The minimum atomic E-state index is 0.155. The van der Waals surface area contributed by atoms with Gasteiger partial charge in [0, 0.05) is 12.0 Å². The second kappa shape index (κ2) is 5.15. The van der Waals surface area contributed by atoms with Gasteiger partial charge in [-0.1, -0.05) is 18.2 Å². The number of Topliss-reactive ketones (excluding diaryl/α,β-unsaturated/α-hetero) is 1. The Bertz CT molecular complexity index is 529. The maximum atomic E-state index is 12.1. The van der Waals surface area contributed by atoms with Gasteiger partial charge in [-0.2, -0.15) is 0 Å². The van der Waals surface area contributed by atoms with Crippen LogP contribution in [0.15, 0.2) is 35.7 Å². The molecule has 1 heterocycles. The summed E-state index contributed by atoms with van der Waals surface area (Å²) in [7, 11) is 1.62. The number of carbonyl (C=O) groups is 1. The van der Waals surface area contributed by atoms with E-state index >= 15 is 0 Å². The van der Waals surface area contributed by atoms with Crippen molar-refractivity contribution in [2.45, 2.75) is 13.3 Å². The molecule has 1 aromatic carbocycles. The number of hydrogen-bond donors (Lipinski definition) is 0. The number of benzene rings is 1. The Morgan fingerprint density at radius 2 is 2.06 bits per heavy atom. The van der Waals surface area contributed by atoms with E-state index in [0.29, 0.717) is 6.42 Å². The van der Waals surface area contributed by atoms with Crippen molar-refractivity contribution in [3.8, 4) is 5.75 Å². The van der Waals surface area contributed by atoms with Crippen LogP contribution in [0.25, 0.3) is 0 Å². The van der Waals surface area contributed by atoms with Crippen molar-refractivity contribution in [2.24, 2.45) is 0 Å². The van der Waals surface area contributed by atoms with E-state index in [0.717, 1.165) is 21.8 Å². The molecule has 3 heteroatoms. The van der Waals surface area contributed by atoms with E-state index < -0.39 is 0 Å². The number of hydrogen-bond acceptors (Lipinski definition) is 3. The molecule has 0 aliphatic rings. The molecule has 88 valence electrons. The highest BCUT2D eigenvalue weighted by atomic mass is 32.1. The molecular formula is C14H14O2S. The van der Waals surface area contributed by atoms with Gasteiger partial charge in [-0.3, -0.25) is 4.79 Å². The number of thiophene rings is 1. The molecule has 0 aliphatic carbocycles. The first-order chi connectivity index (χ1) is 8.22. The van der Waals surface area contributed by atoms with Crippen LogP contribution in [0.3, 0.4) is 0 Å². The van der Waals surface area contributed by atoms with Crippen LogP contribution in [0.1, 0.15) is 20.8 Å². The minimum Gasteiger partial charge on any atom is -0.496 e. The highest BCUT2D eigenvalue weighted by Gasteiger charge is 2.13. The number of ether oxygens (including phenoxy) is 1. The fourth-order valence-electron chi connectivity index (χ4n) is 1.76. The molecule has 0 saturated carbocycles. The topological polar surface area (TPSA) is 26.3 Å². The number of rotatable bonds is 4. The Morgan fingerprint density at radius 1 is 1.29 bits per heavy atom. The summed E-state index contributed by atoms with van der Waals surface area (Å²) in [4.78, 5) is 13.0. The van der Waals surface area contributed by atoms with Crippen LogP contribution in [-0.4, -0.2) is 12.9 Å². The van der Waals surface area contributed by atoms with Crippen LogP contribution in [-0.2, 0) is 6.42 Å². The van der Waals surface area contributed by atoms with Crippen LogP contribution in [0, 0.1) is 6.92 Å². The normalized spacial score (nSPS) is 10.2. The lowest BCUT2D eigenvalue weighted by molar-refractivity contribution is 0.0995. The fraction of sp³-hybridized carbons (Fsp3) is 0.214. The molecule has 0 radical (unpaired) electrons. The predicted octanol–water partition coefficient (Wildman–Crippen LogP) is 3.49. The zero-order valence-electron chi connectivity index (χ0n) is 9.90. The van der Waals surface area contributed by atoms with Gasteiger partial charge in [0.2, 0.25) is 0 Å². The van der Waals surface area contributed by atoms with Crippen molar-refractivity contribution >= 4 is 17.1 Å². The van der Waals surface area contributed by atoms with Crippen molar-refractivity contribution < 1.29 is 9.53 Å². The van der Waals surface area contributed by atoms with Gasteiger partial charge in [0.05, 0.1) is 12.0 Å². The first kappa shape index (κ1) is 11.9. The van der Waals surface area contributed by atoms with Crippen molar-refractivity contribution in [1.29, 1.82) is 0 Å². The Kier molecular flexibility index (Phi) is 3.59. The molecule has 0 atom stereocenters. The van der Waals surface area contributed by atoms with Gasteiger partial charge >= 0.3 is 0 Å². The molecule has 0 bridgehead atoms. The van der Waals surface area contributed by atoms with Crippen LogP contribution in [0.4, 0.5) is 0 Å². The highest BCUT2D eigenvalue weighted by molar-refractivity contribution is 7.12. The highest BCUT2D eigenvalue weighted by Crippen LogP contribution is 2.22. The summed E-state index contributed by atoms with van der Waals surface area (Å²) in [6.45, 7) is 1.96. The molecule has 0 fully saturated rings. The van der Waals surface area contributed by atoms with Gasteiger partial charge < -0.3 is 4.74 Å². The van der Waals surface area contributed by atoms with Gasteiger partial charge in [0.25, 0.3) is 0 Å².